The van der Waals surface area contributed by atoms with Crippen LogP contribution in [0.3, 0.4) is 0 Å². The molecule has 0 fully saturated rings. The second kappa shape index (κ2) is 6.31. The minimum absolute atomic E-state index is 0.0624. The Morgan fingerprint density at radius 3 is 2.33 bits per heavy atom. The molecule has 2 N–H and O–H groups in total. The third-order valence-electron chi connectivity index (χ3n) is 3.45. The number of Topliss-reactive ketones (excluding diaryl/α,β-unsaturated/α-hetero) is 1. The summed E-state index contributed by atoms with van der Waals surface area (Å²) in [6, 6.07) is 12.0. The molecule has 0 aliphatic carbocycles. The molecule has 0 spiro atoms. The van der Waals surface area contributed by atoms with Gasteiger partial charge in [0.25, 0.3) is 0 Å². The second-order valence-electron chi connectivity index (χ2n) is 5.00. The van der Waals surface area contributed by atoms with Gasteiger partial charge in [-0.2, -0.15) is 0 Å². The Bertz CT molecular complexity index is 635. The number of anilines is 1. The van der Waals surface area contributed by atoms with Crippen molar-refractivity contribution in [3.63, 3.8) is 0 Å². The van der Waals surface area contributed by atoms with Gasteiger partial charge >= 0.3 is 0 Å². The second-order valence-corrected chi connectivity index (χ2v) is 5.00. The molecule has 0 aliphatic heterocycles. The molecule has 21 heavy (non-hydrogen) atoms. The summed E-state index contributed by atoms with van der Waals surface area (Å²) in [4.78, 5) is 14.0. The standard InChI is InChI=1S/C17H19NO3/c1-3-12-4-6-13(7-5-12)18(2)11-17(21)15-9-8-14(19)10-16(15)20/h4-10,19-20H,3,11H2,1-2H3. The normalized spacial score (nSPS) is 10.4. The largest absolute Gasteiger partial charge is 0.508 e. The molecule has 0 atom stereocenters. The molecular formula is C17H19NO3. The molecule has 0 amide bonds. The molecule has 0 heterocycles. The summed E-state index contributed by atoms with van der Waals surface area (Å²) in [5, 5.41) is 19.0. The highest BCUT2D eigenvalue weighted by atomic mass is 16.3. The Morgan fingerprint density at radius 2 is 1.76 bits per heavy atom. The minimum atomic E-state index is -0.199. The lowest BCUT2D eigenvalue weighted by Gasteiger charge is -2.19. The number of aryl methyl sites for hydroxylation is 1. The van der Waals surface area contributed by atoms with E-state index in [0.29, 0.717) is 0 Å². The maximum absolute atomic E-state index is 12.2. The molecule has 4 nitrogen and oxygen atoms in total. The number of ketones is 1. The van der Waals surface area contributed by atoms with Crippen LogP contribution in [-0.2, 0) is 6.42 Å². The van der Waals surface area contributed by atoms with Crippen molar-refractivity contribution >= 4 is 11.5 Å². The van der Waals surface area contributed by atoms with Crippen LogP contribution in [0.25, 0.3) is 0 Å². The molecule has 0 bridgehead atoms. The highest BCUT2D eigenvalue weighted by Crippen LogP contribution is 2.23. The smallest absolute Gasteiger partial charge is 0.185 e. The van der Waals surface area contributed by atoms with E-state index < -0.39 is 0 Å². The number of aromatic hydroxyl groups is 2. The molecule has 0 saturated carbocycles. The van der Waals surface area contributed by atoms with Crippen LogP contribution < -0.4 is 4.90 Å². The Balaban J connectivity index is 2.10. The lowest BCUT2D eigenvalue weighted by Crippen LogP contribution is -2.25. The Hall–Kier alpha value is -2.49. The van der Waals surface area contributed by atoms with Crippen LogP contribution in [0.4, 0.5) is 5.69 Å². The summed E-state index contributed by atoms with van der Waals surface area (Å²) in [6.07, 6.45) is 0.976. The minimum Gasteiger partial charge on any atom is -0.508 e. The third-order valence-corrected chi connectivity index (χ3v) is 3.45. The Morgan fingerprint density at radius 1 is 1.10 bits per heavy atom. The zero-order valence-corrected chi connectivity index (χ0v) is 12.2. The van der Waals surface area contributed by atoms with Crippen molar-refractivity contribution in [1.29, 1.82) is 0 Å². The van der Waals surface area contributed by atoms with Gasteiger partial charge in [0.15, 0.2) is 5.78 Å². The first-order valence-electron chi connectivity index (χ1n) is 6.86. The van der Waals surface area contributed by atoms with Crippen molar-refractivity contribution < 1.29 is 15.0 Å². The summed E-state index contributed by atoms with van der Waals surface area (Å²) >= 11 is 0. The number of nitrogens with zero attached hydrogens (tertiary/aromatic N) is 1. The van der Waals surface area contributed by atoms with E-state index in [1.807, 2.05) is 36.2 Å². The number of phenolic OH excluding ortho intramolecular Hbond substituents is 2. The van der Waals surface area contributed by atoms with Gasteiger partial charge in [0, 0.05) is 18.8 Å². The van der Waals surface area contributed by atoms with Gasteiger partial charge in [-0.15, -0.1) is 0 Å². The van der Waals surface area contributed by atoms with Crippen LogP contribution in [0.5, 0.6) is 11.5 Å². The fourth-order valence-corrected chi connectivity index (χ4v) is 2.13. The number of likely N-dealkylation sites (N-methyl/N-ethyl adjacent to an activating group) is 1. The van der Waals surface area contributed by atoms with Crippen LogP contribution in [0.2, 0.25) is 0 Å². The monoisotopic (exact) mass is 285 g/mol. The van der Waals surface area contributed by atoms with Gasteiger partial charge < -0.3 is 15.1 Å². The molecule has 4 heteroatoms. The van der Waals surface area contributed by atoms with E-state index in [1.165, 1.54) is 23.8 Å². The maximum Gasteiger partial charge on any atom is 0.185 e. The van der Waals surface area contributed by atoms with Crippen molar-refractivity contribution in [2.75, 3.05) is 18.5 Å². The highest BCUT2D eigenvalue weighted by Gasteiger charge is 2.14. The quantitative estimate of drug-likeness (QED) is 0.829. The predicted molar refractivity (Wildman–Crippen MR) is 83.2 cm³/mol. The topological polar surface area (TPSA) is 60.8 Å². The summed E-state index contributed by atoms with van der Waals surface area (Å²) in [7, 11) is 1.83. The van der Waals surface area contributed by atoms with E-state index in [4.69, 9.17) is 0 Å². The third kappa shape index (κ3) is 3.54. The summed E-state index contributed by atoms with van der Waals surface area (Å²) in [5.41, 5.74) is 2.40. The molecular weight excluding hydrogens is 266 g/mol. The van der Waals surface area contributed by atoms with Crippen molar-refractivity contribution in [3.05, 3.63) is 53.6 Å². The number of hydrogen-bond acceptors (Lipinski definition) is 4. The SMILES string of the molecule is CCc1ccc(N(C)CC(=O)c2ccc(O)cc2O)cc1. The highest BCUT2D eigenvalue weighted by molar-refractivity contribution is 6.01. The van der Waals surface area contributed by atoms with E-state index >= 15 is 0 Å². The van der Waals surface area contributed by atoms with Gasteiger partial charge in [0.1, 0.15) is 11.5 Å². The Labute approximate surface area is 124 Å². The van der Waals surface area contributed by atoms with E-state index in [2.05, 4.69) is 6.92 Å². The first-order chi connectivity index (χ1) is 10.0. The lowest BCUT2D eigenvalue weighted by molar-refractivity contribution is 0.0998. The van der Waals surface area contributed by atoms with Crippen LogP contribution in [-0.4, -0.2) is 29.6 Å². The zero-order valence-electron chi connectivity index (χ0n) is 12.2. The fourth-order valence-electron chi connectivity index (χ4n) is 2.13. The molecule has 0 radical (unpaired) electrons. The lowest BCUT2D eigenvalue weighted by atomic mass is 10.1. The van der Waals surface area contributed by atoms with Crippen LogP contribution >= 0.6 is 0 Å². The number of benzene rings is 2. The van der Waals surface area contributed by atoms with Gasteiger partial charge in [-0.3, -0.25) is 4.79 Å². The average molecular weight is 285 g/mol. The van der Waals surface area contributed by atoms with Gasteiger partial charge in [-0.25, -0.2) is 0 Å². The fraction of sp³-hybridized carbons (Fsp3) is 0.235. The summed E-state index contributed by atoms with van der Waals surface area (Å²) in [5.74, 6) is -0.461. The summed E-state index contributed by atoms with van der Waals surface area (Å²) in [6.45, 7) is 2.25. The van der Waals surface area contributed by atoms with Gasteiger partial charge in [0.2, 0.25) is 0 Å². The van der Waals surface area contributed by atoms with Crippen molar-refractivity contribution in [2.24, 2.45) is 0 Å². The molecule has 2 rings (SSSR count). The molecule has 0 aromatic heterocycles. The van der Waals surface area contributed by atoms with Gasteiger partial charge in [-0.1, -0.05) is 19.1 Å². The molecule has 0 saturated heterocycles. The molecule has 0 unspecified atom stereocenters. The zero-order chi connectivity index (χ0) is 15.4. The number of carbonyl (C=O) groups excluding carboxylic acids is 1. The van der Waals surface area contributed by atoms with Crippen LogP contribution in [0.15, 0.2) is 42.5 Å². The van der Waals surface area contributed by atoms with Crippen LogP contribution in [0, 0.1) is 0 Å². The van der Waals surface area contributed by atoms with Crippen molar-refractivity contribution in [3.8, 4) is 11.5 Å². The summed E-state index contributed by atoms with van der Waals surface area (Å²) < 4.78 is 0. The number of carbonyl (C=O) groups is 1. The van der Waals surface area contributed by atoms with E-state index in [0.717, 1.165) is 12.1 Å². The molecule has 2 aromatic rings. The van der Waals surface area contributed by atoms with Crippen LogP contribution in [0.1, 0.15) is 22.8 Å². The van der Waals surface area contributed by atoms with E-state index in [9.17, 15) is 15.0 Å². The van der Waals surface area contributed by atoms with E-state index in [-0.39, 0.29) is 29.4 Å². The number of hydrogen-bond donors (Lipinski definition) is 2. The number of phenols is 2. The maximum atomic E-state index is 12.2. The first-order valence-corrected chi connectivity index (χ1v) is 6.86. The Kier molecular flexibility index (Phi) is 4.48. The van der Waals surface area contributed by atoms with Gasteiger partial charge in [-0.05, 0) is 36.2 Å². The first kappa shape index (κ1) is 14.9. The average Bonchev–Trinajstić information content (AvgIpc) is 2.47. The van der Waals surface area contributed by atoms with Crippen molar-refractivity contribution in [2.45, 2.75) is 13.3 Å². The predicted octanol–water partition coefficient (Wildman–Crippen LogP) is 2.98. The molecule has 0 aliphatic rings. The molecule has 2 aromatic carbocycles. The molecule has 110 valence electrons. The van der Waals surface area contributed by atoms with E-state index in [1.54, 1.807) is 0 Å². The van der Waals surface area contributed by atoms with Crippen molar-refractivity contribution in [1.82, 2.24) is 0 Å². The number of rotatable bonds is 5. The van der Waals surface area contributed by atoms with Gasteiger partial charge in [0.05, 0.1) is 12.1 Å².